The highest BCUT2D eigenvalue weighted by Crippen LogP contribution is 2.09. The lowest BCUT2D eigenvalue weighted by molar-refractivity contribution is 0.101. The Morgan fingerprint density at radius 2 is 1.76 bits per heavy atom. The number of rotatable bonds is 4. The van der Waals surface area contributed by atoms with E-state index in [1.165, 1.54) is 6.92 Å². The molecule has 21 heavy (non-hydrogen) atoms. The van der Waals surface area contributed by atoms with Gasteiger partial charge in [0.1, 0.15) is 0 Å². The number of nitrogens with zero attached hydrogens (tertiary/aromatic N) is 1. The van der Waals surface area contributed by atoms with Crippen LogP contribution in [0.5, 0.6) is 0 Å². The van der Waals surface area contributed by atoms with Crippen molar-refractivity contribution in [1.82, 2.24) is 5.43 Å². The van der Waals surface area contributed by atoms with Crippen molar-refractivity contribution >= 4 is 35.0 Å². The molecule has 0 heterocycles. The molecule has 2 aromatic rings. The Morgan fingerprint density at radius 1 is 1.10 bits per heavy atom. The summed E-state index contributed by atoms with van der Waals surface area (Å²) in [5.74, 6) is 0.0368. The zero-order chi connectivity index (χ0) is 15.1. The first-order valence-corrected chi connectivity index (χ1v) is 6.82. The van der Waals surface area contributed by atoms with E-state index in [0.717, 1.165) is 11.3 Å². The number of ketones is 1. The second-order valence-electron chi connectivity index (χ2n) is 4.37. The summed E-state index contributed by atoms with van der Waals surface area (Å²) in [5, 5.41) is 7.43. The molecule has 2 rings (SSSR count). The summed E-state index contributed by atoms with van der Waals surface area (Å²) in [7, 11) is 0. The number of benzene rings is 2. The number of carbonyl (C=O) groups is 1. The number of thiocarbonyl (C=S) groups is 1. The highest BCUT2D eigenvalue weighted by Gasteiger charge is 2.00. The molecule has 2 N–H and O–H groups in total. The van der Waals surface area contributed by atoms with Gasteiger partial charge in [0, 0.05) is 11.3 Å². The van der Waals surface area contributed by atoms with Gasteiger partial charge < -0.3 is 5.32 Å². The van der Waals surface area contributed by atoms with E-state index in [1.807, 2.05) is 30.3 Å². The zero-order valence-corrected chi connectivity index (χ0v) is 12.4. The third kappa shape index (κ3) is 4.81. The van der Waals surface area contributed by atoms with Gasteiger partial charge in [-0.25, -0.2) is 0 Å². The van der Waals surface area contributed by atoms with E-state index in [1.54, 1.807) is 30.5 Å². The molecular weight excluding hydrogens is 282 g/mol. The van der Waals surface area contributed by atoms with E-state index in [2.05, 4.69) is 15.8 Å². The van der Waals surface area contributed by atoms with Gasteiger partial charge in [0.25, 0.3) is 0 Å². The fraction of sp³-hybridized carbons (Fsp3) is 0.0625. The van der Waals surface area contributed by atoms with Crippen LogP contribution in [-0.2, 0) is 0 Å². The quantitative estimate of drug-likeness (QED) is 0.394. The van der Waals surface area contributed by atoms with E-state index < -0.39 is 0 Å². The molecule has 0 unspecified atom stereocenters. The largest absolute Gasteiger partial charge is 0.331 e. The average molecular weight is 297 g/mol. The molecule has 0 saturated heterocycles. The summed E-state index contributed by atoms with van der Waals surface area (Å²) in [6.07, 6.45) is 1.69. The minimum Gasteiger partial charge on any atom is -0.331 e. The van der Waals surface area contributed by atoms with Crippen LogP contribution in [0.1, 0.15) is 22.8 Å². The molecule has 106 valence electrons. The molecule has 5 heteroatoms. The standard InChI is InChI=1S/C16H15N3OS/c1-12(20)14-7-9-15(10-8-14)18-16(21)19-17-11-13-5-3-2-4-6-13/h2-11H,1H3,(H2,18,19,21). The Labute approximate surface area is 128 Å². The number of nitrogens with one attached hydrogen (secondary N) is 2. The van der Waals surface area contributed by atoms with Crippen molar-refractivity contribution in [3.05, 3.63) is 65.7 Å². The van der Waals surface area contributed by atoms with Crippen LogP contribution in [0.2, 0.25) is 0 Å². The predicted molar refractivity (Wildman–Crippen MR) is 89.8 cm³/mol. The zero-order valence-electron chi connectivity index (χ0n) is 11.5. The maximum absolute atomic E-state index is 11.2. The lowest BCUT2D eigenvalue weighted by Crippen LogP contribution is -2.23. The Balaban J connectivity index is 1.87. The third-order valence-electron chi connectivity index (χ3n) is 2.73. The van der Waals surface area contributed by atoms with E-state index >= 15 is 0 Å². The normalized spacial score (nSPS) is 10.3. The first-order valence-electron chi connectivity index (χ1n) is 6.41. The lowest BCUT2D eigenvalue weighted by Gasteiger charge is -2.07. The fourth-order valence-corrected chi connectivity index (χ4v) is 1.82. The van der Waals surface area contributed by atoms with Crippen LogP contribution in [0.4, 0.5) is 5.69 Å². The van der Waals surface area contributed by atoms with E-state index in [-0.39, 0.29) is 5.78 Å². The maximum atomic E-state index is 11.2. The molecule has 0 atom stereocenters. The van der Waals surface area contributed by atoms with Gasteiger partial charge in [-0.2, -0.15) is 5.10 Å². The summed E-state index contributed by atoms with van der Waals surface area (Å²) in [6.45, 7) is 1.53. The molecule has 0 aliphatic heterocycles. The average Bonchev–Trinajstić information content (AvgIpc) is 2.49. The Hall–Kier alpha value is -2.53. The summed E-state index contributed by atoms with van der Waals surface area (Å²) in [6, 6.07) is 16.8. The van der Waals surface area contributed by atoms with Crippen LogP contribution in [0.15, 0.2) is 59.7 Å². The molecule has 0 aliphatic rings. The molecule has 0 radical (unpaired) electrons. The van der Waals surface area contributed by atoms with Crippen LogP contribution in [0, 0.1) is 0 Å². The molecule has 0 saturated carbocycles. The third-order valence-corrected chi connectivity index (χ3v) is 2.92. The highest BCUT2D eigenvalue weighted by atomic mass is 32.1. The SMILES string of the molecule is CC(=O)c1ccc(NC(=S)NN=Cc2ccccc2)cc1. The molecule has 0 amide bonds. The number of anilines is 1. The Kier molecular flexibility index (Phi) is 5.17. The van der Waals surface area contributed by atoms with E-state index in [4.69, 9.17) is 12.2 Å². The predicted octanol–water partition coefficient (Wildman–Crippen LogP) is 3.21. The molecule has 0 spiro atoms. The molecular formula is C16H15N3OS. The van der Waals surface area contributed by atoms with Gasteiger partial charge >= 0.3 is 0 Å². The van der Waals surface area contributed by atoms with Gasteiger partial charge in [0.2, 0.25) is 0 Å². The highest BCUT2D eigenvalue weighted by molar-refractivity contribution is 7.80. The van der Waals surface area contributed by atoms with Crippen LogP contribution < -0.4 is 10.7 Å². The van der Waals surface area contributed by atoms with Crippen molar-refractivity contribution in [2.45, 2.75) is 6.92 Å². The van der Waals surface area contributed by atoms with Crippen molar-refractivity contribution in [2.75, 3.05) is 5.32 Å². The smallest absolute Gasteiger partial charge is 0.191 e. The fourth-order valence-electron chi connectivity index (χ4n) is 1.65. The van der Waals surface area contributed by atoms with Crippen molar-refractivity contribution in [1.29, 1.82) is 0 Å². The minimum absolute atomic E-state index is 0.0368. The summed E-state index contributed by atoms with van der Waals surface area (Å²) >= 11 is 5.13. The van der Waals surface area contributed by atoms with Crippen LogP contribution in [-0.4, -0.2) is 17.1 Å². The monoisotopic (exact) mass is 297 g/mol. The number of carbonyl (C=O) groups excluding carboxylic acids is 1. The maximum Gasteiger partial charge on any atom is 0.191 e. The second kappa shape index (κ2) is 7.31. The van der Waals surface area contributed by atoms with Gasteiger partial charge in [-0.15, -0.1) is 0 Å². The molecule has 0 aliphatic carbocycles. The van der Waals surface area contributed by atoms with Crippen LogP contribution in [0.3, 0.4) is 0 Å². The summed E-state index contributed by atoms with van der Waals surface area (Å²) < 4.78 is 0. The Morgan fingerprint density at radius 3 is 2.38 bits per heavy atom. The summed E-state index contributed by atoms with van der Waals surface area (Å²) in [5.41, 5.74) is 5.19. The number of Topliss-reactive ketones (excluding diaryl/α,β-unsaturated/α-hetero) is 1. The van der Waals surface area contributed by atoms with E-state index in [9.17, 15) is 4.79 Å². The Bertz CT molecular complexity index is 651. The van der Waals surface area contributed by atoms with Crippen LogP contribution in [0.25, 0.3) is 0 Å². The van der Waals surface area contributed by atoms with Crippen molar-refractivity contribution in [3.8, 4) is 0 Å². The molecule has 0 fully saturated rings. The van der Waals surface area contributed by atoms with E-state index in [0.29, 0.717) is 10.7 Å². The molecule has 0 aromatic heterocycles. The van der Waals surface area contributed by atoms with Crippen molar-refractivity contribution in [3.63, 3.8) is 0 Å². The van der Waals surface area contributed by atoms with Gasteiger partial charge in [-0.1, -0.05) is 30.3 Å². The lowest BCUT2D eigenvalue weighted by atomic mass is 10.1. The number of hydrogen-bond acceptors (Lipinski definition) is 3. The first-order chi connectivity index (χ1) is 10.1. The second-order valence-corrected chi connectivity index (χ2v) is 4.78. The van der Waals surface area contributed by atoms with Crippen molar-refractivity contribution in [2.24, 2.45) is 5.10 Å². The van der Waals surface area contributed by atoms with Crippen LogP contribution >= 0.6 is 12.2 Å². The topological polar surface area (TPSA) is 53.5 Å². The van der Waals surface area contributed by atoms with Crippen molar-refractivity contribution < 1.29 is 4.79 Å². The minimum atomic E-state index is 0.0368. The molecule has 4 nitrogen and oxygen atoms in total. The van der Waals surface area contributed by atoms with Gasteiger partial charge in [-0.05, 0) is 49.0 Å². The van der Waals surface area contributed by atoms with Gasteiger partial charge in [0.15, 0.2) is 10.9 Å². The number of hydrazone groups is 1. The molecule has 0 bridgehead atoms. The first kappa shape index (κ1) is 14.9. The number of hydrogen-bond donors (Lipinski definition) is 2. The summed E-state index contributed by atoms with van der Waals surface area (Å²) in [4.78, 5) is 11.2. The van der Waals surface area contributed by atoms with Gasteiger partial charge in [0.05, 0.1) is 6.21 Å². The van der Waals surface area contributed by atoms with Gasteiger partial charge in [-0.3, -0.25) is 10.2 Å². The molecule has 2 aromatic carbocycles.